The molecule has 1 saturated heterocycles. The first-order valence-corrected chi connectivity index (χ1v) is 13.3. The Kier molecular flexibility index (Phi) is 7.24. The van der Waals surface area contributed by atoms with Crippen molar-refractivity contribution in [3.05, 3.63) is 27.4 Å². The number of nitrogens with two attached hydrogens (primary N) is 2. The Bertz CT molecular complexity index is 1270. The van der Waals surface area contributed by atoms with Gasteiger partial charge in [0.05, 0.1) is 0 Å². The van der Waals surface area contributed by atoms with E-state index in [2.05, 4.69) is 25.7 Å². The molecule has 35 heavy (non-hydrogen) atoms. The van der Waals surface area contributed by atoms with Crippen LogP contribution in [0.5, 0.6) is 0 Å². The monoisotopic (exact) mass is 555 g/mol. The van der Waals surface area contributed by atoms with Gasteiger partial charge < -0.3 is 26.7 Å². The van der Waals surface area contributed by atoms with Gasteiger partial charge in [0.15, 0.2) is 26.0 Å². The highest BCUT2D eigenvalue weighted by Crippen LogP contribution is 2.41. The Labute approximate surface area is 213 Å². The molecule has 1 fully saturated rings. The van der Waals surface area contributed by atoms with Gasteiger partial charge in [-0.3, -0.25) is 19.9 Å². The molecule has 18 heteroatoms. The molecule has 2 aromatic rings. The molecule has 0 radical (unpaired) electrons. The van der Waals surface area contributed by atoms with Crippen molar-refractivity contribution in [1.82, 2.24) is 25.4 Å². The Morgan fingerprint density at radius 1 is 1.46 bits per heavy atom. The molecular weight excluding hydrogens is 539 g/mol. The number of thiazole rings is 1. The quantitative estimate of drug-likeness (QED) is 0.0887. The number of nitrogens with zero attached hydrogens (tertiary/aromatic N) is 5. The summed E-state index contributed by atoms with van der Waals surface area (Å²) in [5.74, 6) is -2.12. The van der Waals surface area contributed by atoms with Gasteiger partial charge in [-0.05, 0) is 5.57 Å². The van der Waals surface area contributed by atoms with Crippen molar-refractivity contribution >= 4 is 80.7 Å². The number of amidine groups is 1. The number of carbonyl (C=O) groups excluding carboxylic acids is 2. The number of rotatable bonds is 9. The Balaban J connectivity index is 1.48. The molecule has 0 aromatic carbocycles. The van der Waals surface area contributed by atoms with Crippen LogP contribution >= 0.6 is 46.2 Å². The summed E-state index contributed by atoms with van der Waals surface area (Å²) in [6, 6.07) is -0.949. The van der Waals surface area contributed by atoms with Crippen molar-refractivity contribution in [2.75, 3.05) is 24.3 Å². The van der Waals surface area contributed by atoms with Crippen molar-refractivity contribution in [2.45, 2.75) is 15.8 Å². The number of nitrogens with one attached hydrogen (secondary N) is 2. The van der Waals surface area contributed by atoms with Crippen LogP contribution in [0, 0.1) is 5.41 Å². The number of fused-ring (bicyclic) bond motifs is 1. The molecule has 4 heterocycles. The van der Waals surface area contributed by atoms with Gasteiger partial charge in [0.2, 0.25) is 0 Å². The van der Waals surface area contributed by atoms with E-state index >= 15 is 0 Å². The van der Waals surface area contributed by atoms with Crippen LogP contribution in [0.4, 0.5) is 5.13 Å². The van der Waals surface area contributed by atoms with Gasteiger partial charge >= 0.3 is 5.97 Å². The first-order valence-electron chi connectivity index (χ1n) is 9.55. The van der Waals surface area contributed by atoms with Gasteiger partial charge in [-0.1, -0.05) is 28.3 Å². The third-order valence-electron chi connectivity index (χ3n) is 4.71. The molecule has 14 nitrogen and oxygen atoms in total. The number of thioether (sulfide) groups is 2. The van der Waals surface area contributed by atoms with Gasteiger partial charge in [-0.2, -0.15) is 0 Å². The maximum absolute atomic E-state index is 12.9. The fourth-order valence-electron chi connectivity index (χ4n) is 3.22. The van der Waals surface area contributed by atoms with Crippen LogP contribution in [0.25, 0.3) is 0 Å². The molecule has 7 N–H and O–H groups in total. The van der Waals surface area contributed by atoms with Crippen molar-refractivity contribution < 1.29 is 24.3 Å². The molecule has 2 atom stereocenters. The van der Waals surface area contributed by atoms with E-state index in [1.165, 1.54) is 40.9 Å². The Morgan fingerprint density at radius 3 is 2.83 bits per heavy atom. The van der Waals surface area contributed by atoms with Crippen LogP contribution in [0.15, 0.2) is 26.1 Å². The Morgan fingerprint density at radius 2 is 2.23 bits per heavy atom. The van der Waals surface area contributed by atoms with E-state index in [-0.39, 0.29) is 38.8 Å². The zero-order valence-electron chi connectivity index (χ0n) is 17.8. The Hall–Kier alpha value is -3.22. The number of anilines is 1. The highest BCUT2D eigenvalue weighted by atomic mass is 32.2. The zero-order valence-corrected chi connectivity index (χ0v) is 21.0. The lowest BCUT2D eigenvalue weighted by molar-refractivity contribution is -0.150. The van der Waals surface area contributed by atoms with Gasteiger partial charge in [-0.25, -0.2) is 9.78 Å². The highest BCUT2D eigenvalue weighted by Gasteiger charge is 2.54. The van der Waals surface area contributed by atoms with E-state index in [4.69, 9.17) is 21.7 Å². The molecule has 2 aliphatic rings. The lowest BCUT2D eigenvalue weighted by atomic mass is 10.0. The minimum atomic E-state index is -1.25. The maximum Gasteiger partial charge on any atom is 0.352 e. The number of oxime groups is 1. The first kappa shape index (κ1) is 24.9. The molecule has 0 unspecified atom stereocenters. The first-order chi connectivity index (χ1) is 16.7. The van der Waals surface area contributed by atoms with E-state index < -0.39 is 29.2 Å². The average Bonchev–Trinajstić information content (AvgIpc) is 3.47. The number of amides is 2. The molecule has 0 saturated carbocycles. The molecule has 0 spiro atoms. The summed E-state index contributed by atoms with van der Waals surface area (Å²) in [6.45, 7) is 0. The molecule has 184 valence electrons. The van der Waals surface area contributed by atoms with Crippen LogP contribution in [0.3, 0.4) is 0 Å². The number of aliphatic carboxylic acids is 1. The van der Waals surface area contributed by atoms with Crippen LogP contribution in [0.1, 0.15) is 10.7 Å². The van der Waals surface area contributed by atoms with Gasteiger partial charge in [0.1, 0.15) is 29.9 Å². The number of nitrogen functional groups attached to an aromatic ring is 2. The summed E-state index contributed by atoms with van der Waals surface area (Å²) in [5, 5.41) is 32.7. The fraction of sp³-hybridized carbons (Fsp3) is 0.294. The summed E-state index contributed by atoms with van der Waals surface area (Å²) in [5.41, 5.74) is 11.5. The van der Waals surface area contributed by atoms with E-state index in [0.717, 1.165) is 22.7 Å². The predicted molar refractivity (Wildman–Crippen MR) is 131 cm³/mol. The lowest BCUT2D eigenvalue weighted by Gasteiger charge is -2.49. The number of carbonyl (C=O) groups is 3. The number of aromatic nitrogens is 3. The topological polar surface area (TPSA) is 223 Å². The molecule has 0 bridgehead atoms. The molecule has 2 aromatic heterocycles. The summed E-state index contributed by atoms with van der Waals surface area (Å²) >= 11 is 4.81. The number of β-lactam (4-membered cyclic amide) rings is 1. The minimum absolute atomic E-state index is 0.119. The van der Waals surface area contributed by atoms with Gasteiger partial charge in [0.25, 0.3) is 11.8 Å². The molecular formula is C17H17N9O5S4. The van der Waals surface area contributed by atoms with Crippen LogP contribution in [0.2, 0.25) is 0 Å². The third kappa shape index (κ3) is 4.95. The number of carboxylic acids is 1. The maximum atomic E-state index is 12.9. The summed E-state index contributed by atoms with van der Waals surface area (Å²) in [6.07, 6.45) is 0. The van der Waals surface area contributed by atoms with E-state index in [1.54, 1.807) is 0 Å². The largest absolute Gasteiger partial charge is 0.477 e. The standard InChI is InChI=1S/C17H17N9O5S4/c1-31-25-7(6-4-33-16(20)21-6)11(27)22-8-13(28)26-9(15(29)30)5(2-32-14(8)26)3-34-17-24-23-12(35-17)10(18)19/h4,8,14H,2-3H2,1H3,(H3,18,19)(H2,20,21)(H,22,27)(H,29,30)/b25-7-/t8-,14-/m1/s1. The smallest absolute Gasteiger partial charge is 0.352 e. The molecule has 2 aliphatic heterocycles. The molecule has 0 aliphatic carbocycles. The van der Waals surface area contributed by atoms with Gasteiger partial charge in [-0.15, -0.1) is 33.3 Å². The second-order valence-electron chi connectivity index (χ2n) is 6.89. The van der Waals surface area contributed by atoms with Crippen LogP contribution < -0.4 is 16.8 Å². The van der Waals surface area contributed by atoms with E-state index in [9.17, 15) is 19.5 Å². The van der Waals surface area contributed by atoms with Crippen molar-refractivity contribution in [2.24, 2.45) is 10.9 Å². The number of carboxylic acid groups (broad SMARTS) is 1. The van der Waals surface area contributed by atoms with E-state index in [0.29, 0.717) is 15.7 Å². The molecule has 4 rings (SSSR count). The second-order valence-corrected chi connectivity index (χ2v) is 11.1. The van der Waals surface area contributed by atoms with Crippen molar-refractivity contribution in [3.63, 3.8) is 0 Å². The average molecular weight is 556 g/mol. The summed E-state index contributed by atoms with van der Waals surface area (Å²) in [7, 11) is 1.27. The van der Waals surface area contributed by atoms with E-state index in [1.807, 2.05) is 0 Å². The SMILES string of the molecule is CO/N=C(\C(=O)N[C@@H]1C(=O)N2C(C(=O)O)=C(CSc3nnc(C(=N)N)s3)CS[C@H]12)c1csc(N)n1. The second kappa shape index (κ2) is 10.2. The van der Waals surface area contributed by atoms with Gasteiger partial charge in [0, 0.05) is 16.9 Å². The highest BCUT2D eigenvalue weighted by molar-refractivity contribution is 8.01. The summed E-state index contributed by atoms with van der Waals surface area (Å²) in [4.78, 5) is 47.7. The molecule has 2 amide bonds. The zero-order chi connectivity index (χ0) is 25.3. The van der Waals surface area contributed by atoms with Crippen molar-refractivity contribution in [3.8, 4) is 0 Å². The predicted octanol–water partition coefficient (Wildman–Crippen LogP) is -0.258. The van der Waals surface area contributed by atoms with Crippen molar-refractivity contribution in [1.29, 1.82) is 5.41 Å². The van der Waals surface area contributed by atoms with Crippen LogP contribution in [-0.2, 0) is 19.2 Å². The van der Waals surface area contributed by atoms with Crippen LogP contribution in [-0.4, -0.2) is 84.5 Å². The third-order valence-corrected chi connectivity index (χ3v) is 8.90. The summed E-state index contributed by atoms with van der Waals surface area (Å²) < 4.78 is 0.521. The lowest BCUT2D eigenvalue weighted by Crippen LogP contribution is -2.71. The fourth-order valence-corrected chi connectivity index (χ4v) is 6.97. The minimum Gasteiger partial charge on any atom is -0.477 e. The number of hydrogen-bond donors (Lipinski definition) is 5. The number of hydrogen-bond acceptors (Lipinski definition) is 14. The normalized spacial score (nSPS) is 19.7.